The summed E-state index contributed by atoms with van der Waals surface area (Å²) in [4.78, 5) is 29.1. The van der Waals surface area contributed by atoms with E-state index >= 15 is 0 Å². The van der Waals surface area contributed by atoms with Gasteiger partial charge >= 0.3 is 5.97 Å². The smallest absolute Gasteiger partial charge is 0.339 e. The van der Waals surface area contributed by atoms with Crippen LogP contribution in [0.15, 0.2) is 48.7 Å². The Labute approximate surface area is 127 Å². The van der Waals surface area contributed by atoms with Crippen LogP contribution >= 0.6 is 0 Å². The minimum absolute atomic E-state index is 0.0000118. The third-order valence-corrected chi connectivity index (χ3v) is 2.95. The summed E-state index contributed by atoms with van der Waals surface area (Å²) in [5.74, 6) is -1.95. The lowest BCUT2D eigenvalue weighted by Crippen LogP contribution is -2.31. The van der Waals surface area contributed by atoms with Gasteiger partial charge in [0, 0.05) is 31.9 Å². The van der Waals surface area contributed by atoms with Crippen LogP contribution < -0.4 is 0 Å². The molecule has 1 atom stereocenters. The highest BCUT2D eigenvalue weighted by Crippen LogP contribution is 2.21. The zero-order valence-electron chi connectivity index (χ0n) is 12.2. The fraction of sp³-hybridized carbons (Fsp3) is 0.188. The van der Waals surface area contributed by atoms with Crippen LogP contribution in [0.25, 0.3) is 0 Å². The molecule has 0 bridgehead atoms. The Morgan fingerprint density at radius 2 is 1.86 bits per heavy atom. The molecule has 0 aliphatic heterocycles. The van der Waals surface area contributed by atoms with Crippen molar-refractivity contribution in [1.29, 1.82) is 0 Å². The predicted octanol–water partition coefficient (Wildman–Crippen LogP) is 2.21. The maximum Gasteiger partial charge on any atom is 0.339 e. The van der Waals surface area contributed by atoms with E-state index in [1.165, 1.54) is 11.0 Å². The molecule has 2 aromatic rings. The number of hydrogen-bond acceptors (Lipinski definition) is 4. The molecule has 1 aromatic carbocycles. The zero-order chi connectivity index (χ0) is 16.1. The summed E-state index contributed by atoms with van der Waals surface area (Å²) in [5.41, 5.74) is 0.545. The Morgan fingerprint density at radius 1 is 1.18 bits per heavy atom. The molecular formula is C16H15FN2O3. The van der Waals surface area contributed by atoms with Gasteiger partial charge in [0.05, 0.1) is 5.56 Å². The Balaban J connectivity index is 2.27. The molecule has 0 N–H and O–H groups in total. The number of benzene rings is 1. The molecule has 1 heterocycles. The number of carbonyl (C=O) groups excluding carboxylic acids is 2. The molecule has 0 radical (unpaired) electrons. The maximum absolute atomic E-state index is 13.1. The Hall–Kier alpha value is -2.76. The van der Waals surface area contributed by atoms with E-state index in [1.807, 2.05) is 0 Å². The second-order valence-electron chi connectivity index (χ2n) is 4.80. The average molecular weight is 302 g/mol. The number of esters is 1. The van der Waals surface area contributed by atoms with E-state index < -0.39 is 18.0 Å². The predicted molar refractivity (Wildman–Crippen MR) is 77.5 cm³/mol. The second kappa shape index (κ2) is 6.80. The molecule has 0 aliphatic carbocycles. The number of ether oxygens (including phenoxy) is 1. The van der Waals surface area contributed by atoms with Crippen molar-refractivity contribution in [3.8, 4) is 0 Å². The van der Waals surface area contributed by atoms with Crippen LogP contribution in [0.2, 0.25) is 0 Å². The molecule has 0 saturated heterocycles. The van der Waals surface area contributed by atoms with Gasteiger partial charge in [-0.3, -0.25) is 4.79 Å². The largest absolute Gasteiger partial charge is 0.444 e. The van der Waals surface area contributed by atoms with Crippen molar-refractivity contribution >= 4 is 11.9 Å². The van der Waals surface area contributed by atoms with Crippen LogP contribution in [-0.4, -0.2) is 35.9 Å². The lowest BCUT2D eigenvalue weighted by atomic mass is 10.1. The van der Waals surface area contributed by atoms with Gasteiger partial charge in [-0.05, 0) is 6.07 Å². The lowest BCUT2D eigenvalue weighted by Gasteiger charge is -2.21. The molecule has 2 rings (SSSR count). The first kappa shape index (κ1) is 15.6. The summed E-state index contributed by atoms with van der Waals surface area (Å²) < 4.78 is 18.4. The van der Waals surface area contributed by atoms with Gasteiger partial charge in [0.2, 0.25) is 12.1 Å². The summed E-state index contributed by atoms with van der Waals surface area (Å²) in [5, 5.41) is 0. The van der Waals surface area contributed by atoms with Crippen LogP contribution in [0.1, 0.15) is 22.0 Å². The first-order chi connectivity index (χ1) is 10.5. The molecule has 1 aromatic heterocycles. The van der Waals surface area contributed by atoms with Gasteiger partial charge in [0.1, 0.15) is 0 Å². The number of rotatable bonds is 4. The molecule has 22 heavy (non-hydrogen) atoms. The van der Waals surface area contributed by atoms with Crippen molar-refractivity contribution in [2.45, 2.75) is 6.10 Å². The fourth-order valence-corrected chi connectivity index (χ4v) is 1.83. The highest BCUT2D eigenvalue weighted by atomic mass is 19.1. The third-order valence-electron chi connectivity index (χ3n) is 2.95. The number of likely N-dealkylation sites (N-methyl/N-ethyl adjacent to an activating group) is 1. The van der Waals surface area contributed by atoms with E-state index in [9.17, 15) is 14.0 Å². The van der Waals surface area contributed by atoms with Gasteiger partial charge in [-0.15, -0.1) is 0 Å². The minimum Gasteiger partial charge on any atom is -0.444 e. The first-order valence-corrected chi connectivity index (χ1v) is 6.57. The number of hydrogen-bond donors (Lipinski definition) is 0. The number of aromatic nitrogens is 1. The summed E-state index contributed by atoms with van der Waals surface area (Å²) >= 11 is 0. The summed E-state index contributed by atoms with van der Waals surface area (Å²) in [6.45, 7) is 0. The van der Waals surface area contributed by atoms with Gasteiger partial charge in [-0.25, -0.2) is 9.78 Å². The molecule has 0 aliphatic rings. The zero-order valence-corrected chi connectivity index (χ0v) is 12.2. The molecule has 0 spiro atoms. The number of pyridine rings is 1. The second-order valence-corrected chi connectivity index (χ2v) is 4.80. The van der Waals surface area contributed by atoms with Gasteiger partial charge < -0.3 is 9.64 Å². The van der Waals surface area contributed by atoms with Crippen molar-refractivity contribution in [2.24, 2.45) is 0 Å². The number of amides is 1. The van der Waals surface area contributed by atoms with E-state index in [-0.39, 0.29) is 11.5 Å². The lowest BCUT2D eigenvalue weighted by molar-refractivity contribution is -0.138. The van der Waals surface area contributed by atoms with Crippen molar-refractivity contribution in [2.75, 3.05) is 14.1 Å². The monoisotopic (exact) mass is 302 g/mol. The van der Waals surface area contributed by atoms with E-state index in [1.54, 1.807) is 44.4 Å². The highest BCUT2D eigenvalue weighted by Gasteiger charge is 2.27. The molecule has 0 fully saturated rings. The first-order valence-electron chi connectivity index (χ1n) is 6.57. The van der Waals surface area contributed by atoms with Crippen molar-refractivity contribution in [3.05, 3.63) is 65.7 Å². The summed E-state index contributed by atoms with van der Waals surface area (Å²) in [6.07, 6.45) is 0.0805. The van der Waals surface area contributed by atoms with Crippen molar-refractivity contribution in [3.63, 3.8) is 0 Å². The summed E-state index contributed by atoms with van der Waals surface area (Å²) in [6, 6.07) is 10.9. The Kier molecular flexibility index (Phi) is 4.83. The van der Waals surface area contributed by atoms with Gasteiger partial charge in [-0.2, -0.15) is 4.39 Å². The van der Waals surface area contributed by atoms with E-state index in [4.69, 9.17) is 4.74 Å². The molecule has 5 nitrogen and oxygen atoms in total. The van der Waals surface area contributed by atoms with Crippen molar-refractivity contribution in [1.82, 2.24) is 9.88 Å². The molecule has 1 unspecified atom stereocenters. The molecule has 0 saturated carbocycles. The van der Waals surface area contributed by atoms with Crippen LogP contribution in [0.3, 0.4) is 0 Å². The van der Waals surface area contributed by atoms with E-state index in [2.05, 4.69) is 4.98 Å². The maximum atomic E-state index is 13.1. The topological polar surface area (TPSA) is 59.5 Å². The molecular weight excluding hydrogens is 287 g/mol. The number of nitrogens with zero attached hydrogens (tertiary/aromatic N) is 2. The number of halogens is 1. The fourth-order valence-electron chi connectivity index (χ4n) is 1.83. The third kappa shape index (κ3) is 3.66. The molecule has 6 heteroatoms. The van der Waals surface area contributed by atoms with Crippen LogP contribution in [-0.2, 0) is 9.53 Å². The average Bonchev–Trinajstić information content (AvgIpc) is 2.52. The van der Waals surface area contributed by atoms with Crippen LogP contribution in [0.4, 0.5) is 4.39 Å². The molecule has 114 valence electrons. The standard InChI is InChI=1S/C16H15FN2O3/c1-19(2)15(20)14(11-6-4-3-5-7-11)22-16(21)12-8-9-18-13(17)10-12/h3-10,14H,1-2H3. The molecule has 1 amide bonds. The number of carbonyl (C=O) groups is 2. The van der Waals surface area contributed by atoms with Gasteiger partial charge in [0.15, 0.2) is 0 Å². The minimum atomic E-state index is -1.08. The van der Waals surface area contributed by atoms with Gasteiger partial charge in [0.25, 0.3) is 5.91 Å². The Bertz CT molecular complexity index is 674. The Morgan fingerprint density at radius 3 is 2.45 bits per heavy atom. The quantitative estimate of drug-likeness (QED) is 0.642. The van der Waals surface area contributed by atoms with Gasteiger partial charge in [-0.1, -0.05) is 30.3 Å². The van der Waals surface area contributed by atoms with Crippen LogP contribution in [0.5, 0.6) is 0 Å². The van der Waals surface area contributed by atoms with E-state index in [0.29, 0.717) is 5.56 Å². The summed E-state index contributed by atoms with van der Waals surface area (Å²) in [7, 11) is 3.14. The highest BCUT2D eigenvalue weighted by molar-refractivity contribution is 5.92. The SMILES string of the molecule is CN(C)C(=O)C(OC(=O)c1ccnc(F)c1)c1ccccc1. The van der Waals surface area contributed by atoms with E-state index in [0.717, 1.165) is 12.3 Å². The normalized spacial score (nSPS) is 11.6. The van der Waals surface area contributed by atoms with Crippen molar-refractivity contribution < 1.29 is 18.7 Å². The van der Waals surface area contributed by atoms with Crippen LogP contribution in [0, 0.1) is 5.95 Å².